The van der Waals surface area contributed by atoms with Crippen molar-refractivity contribution in [2.45, 2.75) is 26.6 Å². The Morgan fingerprint density at radius 3 is 2.93 bits per heavy atom. The predicted octanol–water partition coefficient (Wildman–Crippen LogP) is 1.20. The number of ether oxygens (including phenoxy) is 1. The summed E-state index contributed by atoms with van der Waals surface area (Å²) in [5.74, 6) is -0.339. The maximum absolute atomic E-state index is 10.7. The van der Waals surface area contributed by atoms with Gasteiger partial charge in [-0.2, -0.15) is 0 Å². The summed E-state index contributed by atoms with van der Waals surface area (Å²) in [6.45, 7) is 2.98. The second kappa shape index (κ2) is 4.72. The van der Waals surface area contributed by atoms with Crippen LogP contribution in [0.4, 0.5) is 0 Å². The molecule has 76 valence electrons. The number of rotatable bonds is 3. The third-order valence-corrected chi connectivity index (χ3v) is 1.75. The first-order valence-electron chi connectivity index (χ1n) is 4.37. The van der Waals surface area contributed by atoms with E-state index in [0.717, 1.165) is 0 Å². The lowest BCUT2D eigenvalue weighted by atomic mass is 10.2. The molecule has 1 rings (SSSR count). The Labute approximate surface area is 82.5 Å². The summed E-state index contributed by atoms with van der Waals surface area (Å²) in [4.78, 5) is 14.8. The minimum atomic E-state index is -0.376. The molecule has 1 atom stereocenters. The predicted molar refractivity (Wildman–Crippen MR) is 50.3 cm³/mol. The number of esters is 1. The van der Waals surface area contributed by atoms with Gasteiger partial charge in [0.15, 0.2) is 0 Å². The van der Waals surface area contributed by atoms with Crippen LogP contribution in [0.5, 0.6) is 0 Å². The SMILES string of the molecule is CC(=O)O[C@@H](C)c1cccc(CO)n1. The van der Waals surface area contributed by atoms with Gasteiger partial charge in [-0.15, -0.1) is 0 Å². The summed E-state index contributed by atoms with van der Waals surface area (Å²) in [5, 5.41) is 8.86. The molecule has 0 spiro atoms. The molecule has 0 unspecified atom stereocenters. The molecule has 0 aliphatic carbocycles. The van der Waals surface area contributed by atoms with Crippen LogP contribution in [0.1, 0.15) is 31.3 Å². The van der Waals surface area contributed by atoms with E-state index < -0.39 is 0 Å². The molecule has 1 heterocycles. The van der Waals surface area contributed by atoms with E-state index in [2.05, 4.69) is 4.98 Å². The smallest absolute Gasteiger partial charge is 0.303 e. The van der Waals surface area contributed by atoms with Crippen molar-refractivity contribution in [1.82, 2.24) is 4.98 Å². The van der Waals surface area contributed by atoms with Crippen molar-refractivity contribution in [2.75, 3.05) is 0 Å². The Hall–Kier alpha value is -1.42. The number of carbonyl (C=O) groups excluding carboxylic acids is 1. The lowest BCUT2D eigenvalue weighted by Crippen LogP contribution is -2.07. The Balaban J connectivity index is 2.78. The van der Waals surface area contributed by atoms with E-state index in [-0.39, 0.29) is 18.7 Å². The molecule has 0 saturated carbocycles. The van der Waals surface area contributed by atoms with Gasteiger partial charge < -0.3 is 9.84 Å². The average molecular weight is 195 g/mol. The van der Waals surface area contributed by atoms with E-state index in [1.807, 2.05) is 0 Å². The zero-order valence-corrected chi connectivity index (χ0v) is 8.23. The van der Waals surface area contributed by atoms with Crippen LogP contribution in [0.25, 0.3) is 0 Å². The van der Waals surface area contributed by atoms with Gasteiger partial charge in [0, 0.05) is 6.92 Å². The summed E-state index contributed by atoms with van der Waals surface area (Å²) in [5.41, 5.74) is 1.22. The number of pyridine rings is 1. The summed E-state index contributed by atoms with van der Waals surface area (Å²) >= 11 is 0. The number of hydrogen-bond donors (Lipinski definition) is 1. The third kappa shape index (κ3) is 2.81. The van der Waals surface area contributed by atoms with Gasteiger partial charge in [-0.1, -0.05) is 6.07 Å². The first kappa shape index (κ1) is 10.7. The number of nitrogens with zero attached hydrogens (tertiary/aromatic N) is 1. The fraction of sp³-hybridized carbons (Fsp3) is 0.400. The molecule has 4 nitrogen and oxygen atoms in total. The summed E-state index contributed by atoms with van der Waals surface area (Å²) in [7, 11) is 0. The van der Waals surface area contributed by atoms with Gasteiger partial charge in [0.2, 0.25) is 0 Å². The maximum atomic E-state index is 10.7. The Bertz CT molecular complexity index is 325. The van der Waals surface area contributed by atoms with Crippen molar-refractivity contribution in [2.24, 2.45) is 0 Å². The molecule has 1 aromatic heterocycles. The summed E-state index contributed by atoms with van der Waals surface area (Å²) < 4.78 is 4.95. The lowest BCUT2D eigenvalue weighted by molar-refractivity contribution is -0.146. The molecule has 0 aromatic carbocycles. The Kier molecular flexibility index (Phi) is 3.59. The highest BCUT2D eigenvalue weighted by Gasteiger charge is 2.09. The van der Waals surface area contributed by atoms with Crippen LogP contribution in [-0.2, 0) is 16.1 Å². The van der Waals surface area contributed by atoms with Gasteiger partial charge in [0.25, 0.3) is 0 Å². The van der Waals surface area contributed by atoms with Crippen LogP contribution >= 0.6 is 0 Å². The monoisotopic (exact) mass is 195 g/mol. The minimum Gasteiger partial charge on any atom is -0.456 e. The average Bonchev–Trinajstić information content (AvgIpc) is 2.17. The van der Waals surface area contributed by atoms with E-state index in [1.54, 1.807) is 25.1 Å². The highest BCUT2D eigenvalue weighted by Crippen LogP contribution is 2.14. The number of hydrogen-bond acceptors (Lipinski definition) is 4. The van der Waals surface area contributed by atoms with Gasteiger partial charge in [-0.25, -0.2) is 0 Å². The normalized spacial score (nSPS) is 12.2. The number of aromatic nitrogens is 1. The lowest BCUT2D eigenvalue weighted by Gasteiger charge is -2.11. The van der Waals surface area contributed by atoms with Crippen LogP contribution in [0.2, 0.25) is 0 Å². The molecule has 0 aliphatic heterocycles. The highest BCUT2D eigenvalue weighted by molar-refractivity contribution is 5.66. The minimum absolute atomic E-state index is 0.110. The van der Waals surface area contributed by atoms with Crippen molar-refractivity contribution in [1.29, 1.82) is 0 Å². The molecule has 0 aliphatic rings. The van der Waals surface area contributed by atoms with Crippen molar-refractivity contribution in [3.63, 3.8) is 0 Å². The first-order chi connectivity index (χ1) is 6.63. The van der Waals surface area contributed by atoms with E-state index in [9.17, 15) is 4.79 Å². The van der Waals surface area contributed by atoms with Crippen molar-refractivity contribution in [3.05, 3.63) is 29.6 Å². The molecule has 0 amide bonds. The largest absolute Gasteiger partial charge is 0.456 e. The molecule has 0 radical (unpaired) electrons. The zero-order chi connectivity index (χ0) is 10.6. The van der Waals surface area contributed by atoms with Crippen LogP contribution in [0.3, 0.4) is 0 Å². The molecule has 0 bridgehead atoms. The second-order valence-electron chi connectivity index (χ2n) is 2.96. The summed E-state index contributed by atoms with van der Waals surface area (Å²) in [6.07, 6.45) is -0.376. The first-order valence-corrected chi connectivity index (χ1v) is 4.37. The van der Waals surface area contributed by atoms with Crippen molar-refractivity contribution in [3.8, 4) is 0 Å². The van der Waals surface area contributed by atoms with Gasteiger partial charge in [-0.3, -0.25) is 9.78 Å². The molecule has 0 saturated heterocycles. The van der Waals surface area contributed by atoms with Gasteiger partial charge >= 0.3 is 5.97 Å². The molecule has 4 heteroatoms. The van der Waals surface area contributed by atoms with Crippen LogP contribution < -0.4 is 0 Å². The Morgan fingerprint density at radius 1 is 1.64 bits per heavy atom. The molecule has 0 fully saturated rings. The highest BCUT2D eigenvalue weighted by atomic mass is 16.5. The van der Waals surface area contributed by atoms with Crippen molar-refractivity contribution < 1.29 is 14.6 Å². The number of carbonyl (C=O) groups is 1. The van der Waals surface area contributed by atoms with Crippen molar-refractivity contribution >= 4 is 5.97 Å². The van der Waals surface area contributed by atoms with E-state index in [0.29, 0.717) is 11.4 Å². The Morgan fingerprint density at radius 2 is 2.36 bits per heavy atom. The number of aliphatic hydroxyl groups is 1. The van der Waals surface area contributed by atoms with E-state index >= 15 is 0 Å². The van der Waals surface area contributed by atoms with E-state index in [1.165, 1.54) is 6.92 Å². The van der Waals surface area contributed by atoms with Crippen LogP contribution in [-0.4, -0.2) is 16.1 Å². The second-order valence-corrected chi connectivity index (χ2v) is 2.96. The third-order valence-electron chi connectivity index (χ3n) is 1.75. The summed E-state index contributed by atoms with van der Waals surface area (Å²) in [6, 6.07) is 5.24. The fourth-order valence-electron chi connectivity index (χ4n) is 1.12. The molecule has 1 N–H and O–H groups in total. The maximum Gasteiger partial charge on any atom is 0.303 e. The zero-order valence-electron chi connectivity index (χ0n) is 8.23. The van der Waals surface area contributed by atoms with Gasteiger partial charge in [-0.05, 0) is 19.1 Å². The van der Waals surface area contributed by atoms with Crippen LogP contribution in [0.15, 0.2) is 18.2 Å². The molecule has 14 heavy (non-hydrogen) atoms. The molecular weight excluding hydrogens is 182 g/mol. The number of aliphatic hydroxyl groups excluding tert-OH is 1. The fourth-order valence-corrected chi connectivity index (χ4v) is 1.12. The molecular formula is C10H13NO3. The van der Waals surface area contributed by atoms with Crippen LogP contribution in [0, 0.1) is 0 Å². The van der Waals surface area contributed by atoms with Gasteiger partial charge in [0.1, 0.15) is 6.10 Å². The quantitative estimate of drug-likeness (QED) is 0.736. The van der Waals surface area contributed by atoms with E-state index in [4.69, 9.17) is 9.84 Å². The topological polar surface area (TPSA) is 59.4 Å². The van der Waals surface area contributed by atoms with Gasteiger partial charge in [0.05, 0.1) is 18.0 Å². The molecule has 1 aromatic rings. The standard InChI is InChI=1S/C10H13NO3/c1-7(14-8(2)13)10-5-3-4-9(6-12)11-10/h3-5,7,12H,6H2,1-2H3/t7-/m0/s1.